The van der Waals surface area contributed by atoms with E-state index in [0.717, 1.165) is 26.0 Å². The zero-order valence-electron chi connectivity index (χ0n) is 15.9. The normalized spacial score (nSPS) is 10.5. The number of nitrogens with zero attached hydrogens (tertiary/aromatic N) is 1. The number of carbonyl (C=O) groups excluding carboxylic acids is 2. The third kappa shape index (κ3) is 5.00. The number of hydrogen-bond donors (Lipinski definition) is 1. The minimum absolute atomic E-state index is 0.0658. The second-order valence-electron chi connectivity index (χ2n) is 6.39. The number of aromatic nitrogens is 1. The number of hydrogen-bond acceptors (Lipinski definition) is 6. The zero-order chi connectivity index (χ0) is 20.8. The topological polar surface area (TPSA) is 68.3 Å². The van der Waals surface area contributed by atoms with Gasteiger partial charge in [0.1, 0.15) is 5.01 Å². The summed E-state index contributed by atoms with van der Waals surface area (Å²) in [5, 5.41) is 5.53. The molecular weight excluding hydrogens is 416 g/mol. The summed E-state index contributed by atoms with van der Waals surface area (Å²) in [6.07, 6.45) is 0.0658. The SMILES string of the molecule is O=C(COC(=O)Cc1sc(-c2ccccc2)nc1-c1cccs1)Nc1ccccc1. The Balaban J connectivity index is 1.44. The van der Waals surface area contributed by atoms with Crippen molar-refractivity contribution in [1.29, 1.82) is 0 Å². The number of para-hydroxylation sites is 1. The average molecular weight is 435 g/mol. The molecule has 4 aromatic rings. The standard InChI is InChI=1S/C23H18N2O3S2/c26-20(24-17-10-5-2-6-11-17)15-28-21(27)14-19-22(18-12-7-13-29-18)25-23(30-19)16-8-3-1-4-9-16/h1-13H,14-15H2,(H,24,26). The lowest BCUT2D eigenvalue weighted by molar-refractivity contribution is -0.146. The van der Waals surface area contributed by atoms with Crippen LogP contribution in [0, 0.1) is 0 Å². The van der Waals surface area contributed by atoms with E-state index in [1.165, 1.54) is 11.3 Å². The first-order valence-corrected chi connectivity index (χ1v) is 11.0. The van der Waals surface area contributed by atoms with Gasteiger partial charge in [0.2, 0.25) is 0 Å². The predicted octanol–water partition coefficient (Wildman–Crippen LogP) is 5.26. The first-order valence-electron chi connectivity index (χ1n) is 9.28. The minimum atomic E-state index is -0.459. The second kappa shape index (κ2) is 9.47. The van der Waals surface area contributed by atoms with E-state index in [1.807, 2.05) is 66.0 Å². The molecule has 0 atom stereocenters. The van der Waals surface area contributed by atoms with E-state index in [0.29, 0.717) is 5.69 Å². The van der Waals surface area contributed by atoms with E-state index in [1.54, 1.807) is 23.5 Å². The van der Waals surface area contributed by atoms with Crippen molar-refractivity contribution < 1.29 is 14.3 Å². The van der Waals surface area contributed by atoms with Crippen LogP contribution in [0.15, 0.2) is 78.2 Å². The lowest BCUT2D eigenvalue weighted by Crippen LogP contribution is -2.21. The summed E-state index contributed by atoms with van der Waals surface area (Å²) in [4.78, 5) is 31.0. The second-order valence-corrected chi connectivity index (χ2v) is 8.42. The molecule has 2 aromatic heterocycles. The highest BCUT2D eigenvalue weighted by atomic mass is 32.1. The number of anilines is 1. The molecule has 4 rings (SSSR count). The molecule has 30 heavy (non-hydrogen) atoms. The number of carbonyl (C=O) groups is 2. The van der Waals surface area contributed by atoms with Crippen LogP contribution in [0.5, 0.6) is 0 Å². The smallest absolute Gasteiger partial charge is 0.311 e. The molecule has 0 aliphatic heterocycles. The van der Waals surface area contributed by atoms with E-state index in [4.69, 9.17) is 9.72 Å². The maximum Gasteiger partial charge on any atom is 0.311 e. The number of rotatable bonds is 7. The monoisotopic (exact) mass is 434 g/mol. The van der Waals surface area contributed by atoms with E-state index in [9.17, 15) is 9.59 Å². The molecule has 1 N–H and O–H groups in total. The average Bonchev–Trinajstić information content (AvgIpc) is 3.44. The molecule has 0 saturated heterocycles. The summed E-state index contributed by atoms with van der Waals surface area (Å²) in [5.41, 5.74) is 2.45. The molecule has 0 spiro atoms. The molecule has 150 valence electrons. The van der Waals surface area contributed by atoms with Crippen LogP contribution in [0.1, 0.15) is 4.88 Å². The molecule has 0 saturated carbocycles. The maximum atomic E-state index is 12.4. The molecule has 7 heteroatoms. The number of esters is 1. The van der Waals surface area contributed by atoms with Crippen LogP contribution in [0.25, 0.3) is 21.1 Å². The van der Waals surface area contributed by atoms with Gasteiger partial charge in [-0.1, -0.05) is 54.6 Å². The number of nitrogens with one attached hydrogen (secondary N) is 1. The Morgan fingerprint density at radius 2 is 1.67 bits per heavy atom. The summed E-state index contributed by atoms with van der Waals surface area (Å²) in [6, 6.07) is 22.8. The van der Waals surface area contributed by atoms with Gasteiger partial charge in [-0.15, -0.1) is 22.7 Å². The molecule has 0 aliphatic rings. The number of thiophene rings is 1. The van der Waals surface area contributed by atoms with Gasteiger partial charge in [-0.25, -0.2) is 4.98 Å². The number of amides is 1. The molecule has 2 heterocycles. The highest BCUT2D eigenvalue weighted by molar-refractivity contribution is 7.17. The lowest BCUT2D eigenvalue weighted by atomic mass is 10.2. The molecule has 0 aliphatic carbocycles. The van der Waals surface area contributed by atoms with Crippen molar-refractivity contribution in [3.8, 4) is 21.1 Å². The van der Waals surface area contributed by atoms with E-state index >= 15 is 0 Å². The fourth-order valence-corrected chi connectivity index (χ4v) is 4.70. The van der Waals surface area contributed by atoms with Gasteiger partial charge in [-0.3, -0.25) is 9.59 Å². The van der Waals surface area contributed by atoms with Gasteiger partial charge >= 0.3 is 5.97 Å². The van der Waals surface area contributed by atoms with E-state index < -0.39 is 5.97 Å². The third-order valence-electron chi connectivity index (χ3n) is 4.20. The summed E-state index contributed by atoms with van der Waals surface area (Å²) < 4.78 is 5.20. The van der Waals surface area contributed by atoms with Gasteiger partial charge < -0.3 is 10.1 Å². The van der Waals surface area contributed by atoms with Crippen LogP contribution in [0.2, 0.25) is 0 Å². The van der Waals surface area contributed by atoms with Crippen LogP contribution in [0.3, 0.4) is 0 Å². The summed E-state index contributed by atoms with van der Waals surface area (Å²) in [5.74, 6) is -0.832. The maximum absolute atomic E-state index is 12.4. The van der Waals surface area contributed by atoms with Crippen LogP contribution < -0.4 is 5.32 Å². The van der Waals surface area contributed by atoms with Crippen molar-refractivity contribution in [2.24, 2.45) is 0 Å². The fourth-order valence-electron chi connectivity index (χ4n) is 2.83. The first kappa shape index (κ1) is 20.0. The number of ether oxygens (including phenoxy) is 1. The Kier molecular flexibility index (Phi) is 6.32. The molecule has 5 nitrogen and oxygen atoms in total. The van der Waals surface area contributed by atoms with Gasteiger partial charge in [0.05, 0.1) is 17.0 Å². The largest absolute Gasteiger partial charge is 0.455 e. The quantitative estimate of drug-likeness (QED) is 0.403. The summed E-state index contributed by atoms with van der Waals surface area (Å²) in [6.45, 7) is -0.327. The van der Waals surface area contributed by atoms with Crippen molar-refractivity contribution >= 4 is 40.2 Å². The van der Waals surface area contributed by atoms with Crippen LogP contribution in [0.4, 0.5) is 5.69 Å². The van der Waals surface area contributed by atoms with Crippen molar-refractivity contribution in [3.63, 3.8) is 0 Å². The Labute approximate surface area is 182 Å². The van der Waals surface area contributed by atoms with Gasteiger partial charge in [0, 0.05) is 16.1 Å². The third-order valence-corrected chi connectivity index (χ3v) is 6.18. The Bertz CT molecular complexity index is 1120. The molecule has 0 radical (unpaired) electrons. The van der Waals surface area contributed by atoms with Crippen LogP contribution >= 0.6 is 22.7 Å². The highest BCUT2D eigenvalue weighted by Gasteiger charge is 2.19. The minimum Gasteiger partial charge on any atom is -0.455 e. The highest BCUT2D eigenvalue weighted by Crippen LogP contribution is 2.36. The van der Waals surface area contributed by atoms with Crippen molar-refractivity contribution in [2.45, 2.75) is 6.42 Å². The van der Waals surface area contributed by atoms with Crippen molar-refractivity contribution in [2.75, 3.05) is 11.9 Å². The Hall–Kier alpha value is -3.29. The van der Waals surface area contributed by atoms with Gasteiger partial charge in [0.25, 0.3) is 5.91 Å². The fraction of sp³-hybridized carbons (Fsp3) is 0.0870. The molecular formula is C23H18N2O3S2. The van der Waals surface area contributed by atoms with Crippen molar-refractivity contribution in [1.82, 2.24) is 4.98 Å². The zero-order valence-corrected chi connectivity index (χ0v) is 17.5. The Morgan fingerprint density at radius 3 is 2.37 bits per heavy atom. The molecule has 2 aromatic carbocycles. The molecule has 1 amide bonds. The predicted molar refractivity (Wildman–Crippen MR) is 121 cm³/mol. The van der Waals surface area contributed by atoms with Gasteiger partial charge in [0.15, 0.2) is 6.61 Å². The van der Waals surface area contributed by atoms with Crippen LogP contribution in [-0.4, -0.2) is 23.5 Å². The Morgan fingerprint density at radius 1 is 0.933 bits per heavy atom. The molecule has 0 unspecified atom stereocenters. The molecule has 0 fully saturated rings. The van der Waals surface area contributed by atoms with Crippen molar-refractivity contribution in [3.05, 3.63) is 83.1 Å². The molecule has 0 bridgehead atoms. The summed E-state index contributed by atoms with van der Waals surface area (Å²) in [7, 11) is 0. The van der Waals surface area contributed by atoms with Crippen LogP contribution in [-0.2, 0) is 20.7 Å². The number of benzene rings is 2. The lowest BCUT2D eigenvalue weighted by Gasteiger charge is -2.06. The van der Waals surface area contributed by atoms with E-state index in [-0.39, 0.29) is 18.9 Å². The van der Waals surface area contributed by atoms with Gasteiger partial charge in [-0.2, -0.15) is 0 Å². The van der Waals surface area contributed by atoms with Gasteiger partial charge in [-0.05, 0) is 23.6 Å². The first-order chi connectivity index (χ1) is 14.7. The van der Waals surface area contributed by atoms with E-state index in [2.05, 4.69) is 5.32 Å². The summed E-state index contributed by atoms with van der Waals surface area (Å²) >= 11 is 3.04. The number of thiazole rings is 1.